The maximum atomic E-state index is 12.7. The summed E-state index contributed by atoms with van der Waals surface area (Å²) in [6.45, 7) is 3.59. The molecule has 0 aromatic carbocycles. The molecule has 5 nitrogen and oxygen atoms in total. The predicted molar refractivity (Wildman–Crippen MR) is 74.4 cm³/mol. The Hall–Kier alpha value is -1.26. The monoisotopic (exact) mass is 280 g/mol. The van der Waals surface area contributed by atoms with Crippen LogP contribution in [0.5, 0.6) is 0 Å². The Kier molecular flexibility index (Phi) is 3.61. The molecule has 20 heavy (non-hydrogen) atoms. The molecule has 0 spiro atoms. The van der Waals surface area contributed by atoms with Crippen molar-refractivity contribution in [2.24, 2.45) is 11.8 Å². The second-order valence-corrected chi connectivity index (χ2v) is 6.50. The Morgan fingerprint density at radius 2 is 2.00 bits per heavy atom. The van der Waals surface area contributed by atoms with Gasteiger partial charge in [0.25, 0.3) is 0 Å². The van der Waals surface area contributed by atoms with Gasteiger partial charge in [-0.15, -0.1) is 0 Å². The van der Waals surface area contributed by atoms with Gasteiger partial charge in [0.2, 0.25) is 0 Å². The number of hydrogen-bond acceptors (Lipinski definition) is 2. The first kappa shape index (κ1) is 13.7. The maximum Gasteiger partial charge on any atom is 0.320 e. The standard InChI is InChI=1S/C15H24N2O3/c1-2-16(9-10-4-3-5-10)15(20)17-11-6-7-13(17)12(8-11)14(18)19/h10-13H,2-9H2,1H3,(H,18,19). The quantitative estimate of drug-likeness (QED) is 0.858. The van der Waals surface area contributed by atoms with Crippen molar-refractivity contribution in [3.8, 4) is 0 Å². The summed E-state index contributed by atoms with van der Waals surface area (Å²) >= 11 is 0. The van der Waals surface area contributed by atoms with E-state index >= 15 is 0 Å². The lowest BCUT2D eigenvalue weighted by molar-refractivity contribution is -0.142. The molecule has 0 radical (unpaired) electrons. The number of urea groups is 1. The SMILES string of the molecule is CCN(CC1CCC1)C(=O)N1C2CCC1C(C(=O)O)C2. The fourth-order valence-electron chi connectivity index (χ4n) is 4.05. The van der Waals surface area contributed by atoms with E-state index in [1.165, 1.54) is 19.3 Å². The van der Waals surface area contributed by atoms with Gasteiger partial charge in [-0.3, -0.25) is 4.79 Å². The Morgan fingerprint density at radius 3 is 2.50 bits per heavy atom. The molecule has 2 heterocycles. The molecule has 3 aliphatic rings. The molecule has 0 aromatic heterocycles. The normalized spacial score (nSPS) is 32.2. The lowest BCUT2D eigenvalue weighted by Crippen LogP contribution is -2.48. The molecule has 3 atom stereocenters. The van der Waals surface area contributed by atoms with Crippen molar-refractivity contribution in [1.29, 1.82) is 0 Å². The highest BCUT2D eigenvalue weighted by Crippen LogP contribution is 2.42. The van der Waals surface area contributed by atoms with E-state index in [0.29, 0.717) is 12.3 Å². The number of rotatable bonds is 4. The van der Waals surface area contributed by atoms with E-state index in [0.717, 1.165) is 25.9 Å². The molecular weight excluding hydrogens is 256 g/mol. The van der Waals surface area contributed by atoms with Gasteiger partial charge in [0.05, 0.1) is 5.92 Å². The number of carboxylic acids is 1. The topological polar surface area (TPSA) is 60.9 Å². The fraction of sp³-hybridized carbons (Fsp3) is 0.867. The Bertz CT molecular complexity index is 408. The van der Waals surface area contributed by atoms with E-state index in [4.69, 9.17) is 0 Å². The molecular formula is C15H24N2O3. The van der Waals surface area contributed by atoms with Crippen LogP contribution in [0, 0.1) is 11.8 Å². The van der Waals surface area contributed by atoms with Gasteiger partial charge in [-0.05, 0) is 44.9 Å². The summed E-state index contributed by atoms with van der Waals surface area (Å²) in [5.41, 5.74) is 0. The van der Waals surface area contributed by atoms with Crippen molar-refractivity contribution in [2.45, 2.75) is 57.5 Å². The Balaban J connectivity index is 1.68. The van der Waals surface area contributed by atoms with E-state index in [1.54, 1.807) is 0 Å². The van der Waals surface area contributed by atoms with Crippen molar-refractivity contribution in [2.75, 3.05) is 13.1 Å². The molecule has 3 unspecified atom stereocenters. The largest absolute Gasteiger partial charge is 0.481 e. The fourth-order valence-corrected chi connectivity index (χ4v) is 4.05. The minimum absolute atomic E-state index is 0.0690. The molecule has 1 aliphatic carbocycles. The van der Waals surface area contributed by atoms with Crippen LogP contribution in [0.4, 0.5) is 4.79 Å². The molecule has 5 heteroatoms. The number of amides is 2. The minimum Gasteiger partial charge on any atom is -0.481 e. The van der Waals surface area contributed by atoms with Crippen LogP contribution < -0.4 is 0 Å². The van der Waals surface area contributed by atoms with Crippen LogP contribution in [0.2, 0.25) is 0 Å². The zero-order chi connectivity index (χ0) is 14.3. The van der Waals surface area contributed by atoms with Crippen molar-refractivity contribution in [3.05, 3.63) is 0 Å². The molecule has 112 valence electrons. The minimum atomic E-state index is -0.739. The first-order valence-electron chi connectivity index (χ1n) is 7.91. The second-order valence-electron chi connectivity index (χ2n) is 6.50. The average Bonchev–Trinajstić information content (AvgIpc) is 2.94. The summed E-state index contributed by atoms with van der Waals surface area (Å²) in [7, 11) is 0. The van der Waals surface area contributed by atoms with E-state index in [2.05, 4.69) is 0 Å². The Labute approximate surface area is 119 Å². The van der Waals surface area contributed by atoms with Gasteiger partial charge in [0, 0.05) is 25.2 Å². The molecule has 1 saturated carbocycles. The molecule has 2 saturated heterocycles. The van der Waals surface area contributed by atoms with Crippen LogP contribution >= 0.6 is 0 Å². The average molecular weight is 280 g/mol. The smallest absolute Gasteiger partial charge is 0.320 e. The lowest BCUT2D eigenvalue weighted by atomic mass is 9.85. The Morgan fingerprint density at radius 1 is 1.25 bits per heavy atom. The summed E-state index contributed by atoms with van der Waals surface area (Å²) < 4.78 is 0. The summed E-state index contributed by atoms with van der Waals surface area (Å²) in [5.74, 6) is -0.424. The van der Waals surface area contributed by atoms with E-state index < -0.39 is 5.97 Å². The highest BCUT2D eigenvalue weighted by molar-refractivity contribution is 5.79. The van der Waals surface area contributed by atoms with Gasteiger partial charge in [-0.1, -0.05) is 6.42 Å². The van der Waals surface area contributed by atoms with Gasteiger partial charge in [-0.2, -0.15) is 0 Å². The summed E-state index contributed by atoms with van der Waals surface area (Å²) in [5, 5.41) is 9.27. The number of aliphatic carboxylic acids is 1. The number of fused-ring (bicyclic) bond motifs is 2. The first-order valence-corrected chi connectivity index (χ1v) is 7.91. The van der Waals surface area contributed by atoms with Gasteiger partial charge < -0.3 is 14.9 Å². The lowest BCUT2D eigenvalue weighted by Gasteiger charge is -2.35. The van der Waals surface area contributed by atoms with Crippen LogP contribution in [-0.4, -0.2) is 52.1 Å². The van der Waals surface area contributed by atoms with E-state index in [9.17, 15) is 14.7 Å². The third-order valence-electron chi connectivity index (χ3n) is 5.43. The highest BCUT2D eigenvalue weighted by atomic mass is 16.4. The van der Waals surface area contributed by atoms with Gasteiger partial charge in [0.1, 0.15) is 0 Å². The van der Waals surface area contributed by atoms with Crippen molar-refractivity contribution < 1.29 is 14.7 Å². The zero-order valence-electron chi connectivity index (χ0n) is 12.1. The van der Waals surface area contributed by atoms with Gasteiger partial charge in [0.15, 0.2) is 0 Å². The molecule has 2 amide bonds. The third-order valence-corrected chi connectivity index (χ3v) is 5.43. The van der Waals surface area contributed by atoms with Crippen LogP contribution in [0.15, 0.2) is 0 Å². The molecule has 0 aromatic rings. The molecule has 1 N–H and O–H groups in total. The summed E-state index contributed by atoms with van der Waals surface area (Å²) in [6.07, 6.45) is 6.22. The van der Waals surface area contributed by atoms with Gasteiger partial charge >= 0.3 is 12.0 Å². The first-order chi connectivity index (χ1) is 9.61. The second kappa shape index (κ2) is 5.26. The number of carbonyl (C=O) groups is 2. The maximum absolute atomic E-state index is 12.7. The van der Waals surface area contributed by atoms with Crippen molar-refractivity contribution >= 4 is 12.0 Å². The molecule has 3 rings (SSSR count). The van der Waals surface area contributed by atoms with Crippen molar-refractivity contribution in [3.63, 3.8) is 0 Å². The summed E-state index contributed by atoms with van der Waals surface area (Å²) in [6, 6.07) is 0.167. The summed E-state index contributed by atoms with van der Waals surface area (Å²) in [4.78, 5) is 27.8. The van der Waals surface area contributed by atoms with E-state index in [1.807, 2.05) is 16.7 Å². The number of nitrogens with zero attached hydrogens (tertiary/aromatic N) is 2. The number of hydrogen-bond donors (Lipinski definition) is 1. The highest BCUT2D eigenvalue weighted by Gasteiger charge is 2.52. The van der Waals surface area contributed by atoms with Gasteiger partial charge in [-0.25, -0.2) is 4.79 Å². The third kappa shape index (κ3) is 2.17. The number of carboxylic acid groups (broad SMARTS) is 1. The van der Waals surface area contributed by atoms with Crippen LogP contribution in [-0.2, 0) is 4.79 Å². The van der Waals surface area contributed by atoms with Crippen molar-refractivity contribution in [1.82, 2.24) is 9.80 Å². The predicted octanol–water partition coefficient (Wildman–Crippen LogP) is 2.17. The van der Waals surface area contributed by atoms with Crippen LogP contribution in [0.1, 0.15) is 45.4 Å². The van der Waals surface area contributed by atoms with E-state index in [-0.39, 0.29) is 24.0 Å². The molecule has 2 bridgehead atoms. The molecule has 3 fully saturated rings. The van der Waals surface area contributed by atoms with Crippen LogP contribution in [0.3, 0.4) is 0 Å². The zero-order valence-corrected chi connectivity index (χ0v) is 12.1. The van der Waals surface area contributed by atoms with Crippen LogP contribution in [0.25, 0.3) is 0 Å². The number of carbonyl (C=O) groups excluding carboxylic acids is 1. The molecule has 2 aliphatic heterocycles.